The molecule has 1 saturated heterocycles. The molecule has 1 unspecified atom stereocenters. The van der Waals surface area contributed by atoms with E-state index in [0.29, 0.717) is 5.92 Å². The number of carbonyl (C=O) groups excluding carboxylic acids is 1. The van der Waals surface area contributed by atoms with Crippen LogP contribution < -0.4 is 5.32 Å². The number of benzene rings is 1. The molecule has 1 atom stereocenters. The summed E-state index contributed by atoms with van der Waals surface area (Å²) in [7, 11) is 0. The lowest BCUT2D eigenvalue weighted by atomic mass is 10.1. The fourth-order valence-electron chi connectivity index (χ4n) is 2.78. The lowest BCUT2D eigenvalue weighted by molar-refractivity contribution is 0.0946. The van der Waals surface area contributed by atoms with E-state index >= 15 is 0 Å². The van der Waals surface area contributed by atoms with Crippen molar-refractivity contribution in [2.45, 2.75) is 25.3 Å². The van der Waals surface area contributed by atoms with Crippen molar-refractivity contribution in [3.05, 3.63) is 34.3 Å². The molecule has 0 radical (unpaired) electrons. The number of halogens is 1. The zero-order chi connectivity index (χ0) is 13.2. The predicted molar refractivity (Wildman–Crippen MR) is 79.2 cm³/mol. The quantitative estimate of drug-likeness (QED) is 0.924. The first kappa shape index (κ1) is 13.1. The van der Waals surface area contributed by atoms with Crippen LogP contribution in [-0.2, 0) is 0 Å². The van der Waals surface area contributed by atoms with Gasteiger partial charge in [-0.05, 0) is 59.8 Å². The third-order valence-electron chi connectivity index (χ3n) is 4.05. The van der Waals surface area contributed by atoms with Crippen molar-refractivity contribution in [1.82, 2.24) is 10.2 Å². The minimum atomic E-state index is 0.0253. The Labute approximate surface area is 122 Å². The molecule has 1 aromatic carbocycles. The second kappa shape index (κ2) is 5.63. The second-order valence-electron chi connectivity index (χ2n) is 5.57. The van der Waals surface area contributed by atoms with Gasteiger partial charge in [-0.2, -0.15) is 0 Å². The van der Waals surface area contributed by atoms with Gasteiger partial charge in [-0.1, -0.05) is 12.1 Å². The third kappa shape index (κ3) is 3.18. The zero-order valence-corrected chi connectivity index (χ0v) is 12.5. The SMILES string of the molecule is O=C(NCC1CCN(C2CC2)C1)c1ccccc1Br. The third-order valence-corrected chi connectivity index (χ3v) is 4.74. The topological polar surface area (TPSA) is 32.3 Å². The number of hydrogen-bond acceptors (Lipinski definition) is 2. The van der Waals surface area contributed by atoms with E-state index in [1.54, 1.807) is 0 Å². The van der Waals surface area contributed by atoms with Crippen LogP contribution in [0.4, 0.5) is 0 Å². The molecule has 0 aromatic heterocycles. The fraction of sp³-hybridized carbons (Fsp3) is 0.533. The summed E-state index contributed by atoms with van der Waals surface area (Å²) < 4.78 is 0.860. The molecular weight excluding hydrogens is 304 g/mol. The second-order valence-corrected chi connectivity index (χ2v) is 6.43. The Bertz CT molecular complexity index is 473. The highest BCUT2D eigenvalue weighted by atomic mass is 79.9. The van der Waals surface area contributed by atoms with Crippen LogP contribution in [0.2, 0.25) is 0 Å². The number of hydrogen-bond donors (Lipinski definition) is 1. The van der Waals surface area contributed by atoms with Gasteiger partial charge >= 0.3 is 0 Å². The van der Waals surface area contributed by atoms with E-state index in [-0.39, 0.29) is 5.91 Å². The molecule has 1 aromatic rings. The molecule has 4 heteroatoms. The molecule has 1 saturated carbocycles. The van der Waals surface area contributed by atoms with E-state index in [1.165, 1.54) is 25.8 Å². The smallest absolute Gasteiger partial charge is 0.252 e. The van der Waals surface area contributed by atoms with Crippen molar-refractivity contribution in [2.75, 3.05) is 19.6 Å². The van der Waals surface area contributed by atoms with Gasteiger partial charge in [-0.25, -0.2) is 0 Å². The van der Waals surface area contributed by atoms with Gasteiger partial charge in [0.1, 0.15) is 0 Å². The summed E-state index contributed by atoms with van der Waals surface area (Å²) in [5.74, 6) is 0.643. The molecular formula is C15H19BrN2O. The highest BCUT2D eigenvalue weighted by molar-refractivity contribution is 9.10. The maximum absolute atomic E-state index is 12.1. The van der Waals surface area contributed by atoms with Crippen molar-refractivity contribution >= 4 is 21.8 Å². The van der Waals surface area contributed by atoms with Gasteiger partial charge in [0.2, 0.25) is 0 Å². The van der Waals surface area contributed by atoms with E-state index in [2.05, 4.69) is 26.1 Å². The van der Waals surface area contributed by atoms with E-state index < -0.39 is 0 Å². The monoisotopic (exact) mass is 322 g/mol. The van der Waals surface area contributed by atoms with Crippen LogP contribution in [0.1, 0.15) is 29.6 Å². The molecule has 1 aliphatic heterocycles. The molecule has 19 heavy (non-hydrogen) atoms. The summed E-state index contributed by atoms with van der Waals surface area (Å²) in [5, 5.41) is 3.07. The summed E-state index contributed by atoms with van der Waals surface area (Å²) in [6, 6.07) is 8.42. The molecule has 3 nitrogen and oxygen atoms in total. The number of carbonyl (C=O) groups is 1. The minimum Gasteiger partial charge on any atom is -0.352 e. The molecule has 1 N–H and O–H groups in total. The fourth-order valence-corrected chi connectivity index (χ4v) is 3.24. The number of nitrogens with one attached hydrogen (secondary N) is 1. The Hall–Kier alpha value is -0.870. The Morgan fingerprint density at radius 2 is 2.11 bits per heavy atom. The first-order valence-corrected chi connectivity index (χ1v) is 7.80. The molecule has 0 spiro atoms. The van der Waals surface area contributed by atoms with Gasteiger partial charge in [0, 0.05) is 23.6 Å². The molecule has 3 rings (SSSR count). The van der Waals surface area contributed by atoms with Gasteiger partial charge < -0.3 is 10.2 Å². The van der Waals surface area contributed by atoms with Crippen LogP contribution in [0.3, 0.4) is 0 Å². The molecule has 1 amide bonds. The summed E-state index contributed by atoms with van der Waals surface area (Å²) in [5.41, 5.74) is 0.722. The van der Waals surface area contributed by atoms with Crippen LogP contribution in [0, 0.1) is 5.92 Å². The molecule has 2 aliphatic rings. The highest BCUT2D eigenvalue weighted by Crippen LogP contribution is 2.31. The molecule has 1 heterocycles. The maximum Gasteiger partial charge on any atom is 0.252 e. The molecule has 102 valence electrons. The zero-order valence-electron chi connectivity index (χ0n) is 10.9. The normalized spacial score (nSPS) is 23.5. The van der Waals surface area contributed by atoms with Crippen molar-refractivity contribution in [2.24, 2.45) is 5.92 Å². The van der Waals surface area contributed by atoms with Crippen molar-refractivity contribution < 1.29 is 4.79 Å². The first-order valence-electron chi connectivity index (χ1n) is 7.01. The van der Waals surface area contributed by atoms with Gasteiger partial charge in [-0.3, -0.25) is 4.79 Å². The van der Waals surface area contributed by atoms with Crippen LogP contribution >= 0.6 is 15.9 Å². The first-order chi connectivity index (χ1) is 9.24. The van der Waals surface area contributed by atoms with E-state index in [1.807, 2.05) is 24.3 Å². The number of likely N-dealkylation sites (tertiary alicyclic amines) is 1. The average Bonchev–Trinajstić information content (AvgIpc) is 3.16. The lowest BCUT2D eigenvalue weighted by Crippen LogP contribution is -2.31. The summed E-state index contributed by atoms with van der Waals surface area (Å²) in [6.45, 7) is 3.16. The largest absolute Gasteiger partial charge is 0.352 e. The standard InChI is InChI=1S/C15H19BrN2O/c16-14-4-2-1-3-13(14)15(19)17-9-11-7-8-18(10-11)12-5-6-12/h1-4,11-12H,5-10H2,(H,17,19). The van der Waals surface area contributed by atoms with Crippen LogP contribution in [-0.4, -0.2) is 36.5 Å². The van der Waals surface area contributed by atoms with Gasteiger partial charge in [0.05, 0.1) is 5.56 Å². The highest BCUT2D eigenvalue weighted by Gasteiger charge is 2.34. The van der Waals surface area contributed by atoms with E-state index in [0.717, 1.165) is 29.2 Å². The predicted octanol–water partition coefficient (Wildman–Crippen LogP) is 2.66. The summed E-state index contributed by atoms with van der Waals surface area (Å²) >= 11 is 3.42. The molecule has 1 aliphatic carbocycles. The van der Waals surface area contributed by atoms with Crippen molar-refractivity contribution in [3.8, 4) is 0 Å². The Morgan fingerprint density at radius 3 is 2.84 bits per heavy atom. The number of rotatable bonds is 4. The maximum atomic E-state index is 12.1. The van der Waals surface area contributed by atoms with Gasteiger partial charge in [0.25, 0.3) is 5.91 Å². The molecule has 0 bridgehead atoms. The average molecular weight is 323 g/mol. The Kier molecular flexibility index (Phi) is 3.89. The summed E-state index contributed by atoms with van der Waals surface area (Å²) in [4.78, 5) is 14.7. The number of nitrogens with zero attached hydrogens (tertiary/aromatic N) is 1. The van der Waals surface area contributed by atoms with Crippen LogP contribution in [0.15, 0.2) is 28.7 Å². The molecule has 2 fully saturated rings. The lowest BCUT2D eigenvalue weighted by Gasteiger charge is -2.15. The van der Waals surface area contributed by atoms with E-state index in [9.17, 15) is 4.79 Å². The van der Waals surface area contributed by atoms with E-state index in [4.69, 9.17) is 0 Å². The van der Waals surface area contributed by atoms with Gasteiger partial charge in [0.15, 0.2) is 0 Å². The number of amides is 1. The Morgan fingerprint density at radius 1 is 1.32 bits per heavy atom. The van der Waals surface area contributed by atoms with Crippen molar-refractivity contribution in [3.63, 3.8) is 0 Å². The van der Waals surface area contributed by atoms with Crippen molar-refractivity contribution in [1.29, 1.82) is 0 Å². The van der Waals surface area contributed by atoms with Gasteiger partial charge in [-0.15, -0.1) is 0 Å². The Balaban J connectivity index is 1.50. The van der Waals surface area contributed by atoms with Crippen LogP contribution in [0.5, 0.6) is 0 Å². The van der Waals surface area contributed by atoms with Crippen LogP contribution in [0.25, 0.3) is 0 Å². The minimum absolute atomic E-state index is 0.0253. The summed E-state index contributed by atoms with van der Waals surface area (Å²) in [6.07, 6.45) is 3.96.